The molecule has 0 aliphatic rings. The molecule has 0 aromatic heterocycles. The summed E-state index contributed by atoms with van der Waals surface area (Å²) in [5.74, 6) is 0.913. The minimum absolute atomic E-state index is 0.00253. The average molecular weight is 247 g/mol. The van der Waals surface area contributed by atoms with Crippen LogP contribution in [0.2, 0.25) is 0 Å². The molecule has 4 heteroatoms. The van der Waals surface area contributed by atoms with E-state index in [1.54, 1.807) is 11.8 Å². The first-order valence-corrected chi connectivity index (χ1v) is 6.78. The minimum atomic E-state index is -0.427. The molecule has 2 N–H and O–H groups in total. The predicted octanol–water partition coefficient (Wildman–Crippen LogP) is 2.04. The van der Waals surface area contributed by atoms with Gasteiger partial charge in [0.05, 0.1) is 11.9 Å². The fraction of sp³-hybridized carbons (Fsp3) is 0.917. The zero-order chi connectivity index (χ0) is 12.8. The summed E-state index contributed by atoms with van der Waals surface area (Å²) in [7, 11) is 0. The maximum Gasteiger partial charge on any atom is 0.230 e. The van der Waals surface area contributed by atoms with Crippen LogP contribution in [0.25, 0.3) is 0 Å². The number of amides is 1. The third-order valence-corrected chi connectivity index (χ3v) is 3.19. The lowest BCUT2D eigenvalue weighted by molar-refractivity contribution is -0.119. The van der Waals surface area contributed by atoms with E-state index in [-0.39, 0.29) is 10.7 Å². The van der Waals surface area contributed by atoms with Gasteiger partial charge in [-0.05, 0) is 12.3 Å². The summed E-state index contributed by atoms with van der Waals surface area (Å²) in [6.45, 7) is 10.7. The van der Waals surface area contributed by atoms with Gasteiger partial charge in [0.2, 0.25) is 5.91 Å². The van der Waals surface area contributed by atoms with Crippen LogP contribution in [0.3, 0.4) is 0 Å². The van der Waals surface area contributed by atoms with Crippen molar-refractivity contribution in [3.8, 4) is 0 Å². The van der Waals surface area contributed by atoms with Crippen LogP contribution in [0.5, 0.6) is 0 Å². The van der Waals surface area contributed by atoms with Gasteiger partial charge in [-0.2, -0.15) is 0 Å². The largest absolute Gasteiger partial charge is 0.391 e. The van der Waals surface area contributed by atoms with Gasteiger partial charge in [-0.1, -0.05) is 34.6 Å². The number of aliphatic hydroxyl groups is 1. The Kier molecular flexibility index (Phi) is 7.07. The van der Waals surface area contributed by atoms with Crippen molar-refractivity contribution in [3.05, 3.63) is 0 Å². The first-order valence-electron chi connectivity index (χ1n) is 5.79. The summed E-state index contributed by atoms with van der Waals surface area (Å²) in [5, 5.41) is 12.3. The van der Waals surface area contributed by atoms with Crippen molar-refractivity contribution in [2.75, 3.05) is 12.3 Å². The summed E-state index contributed by atoms with van der Waals surface area (Å²) < 4.78 is 0.105. The molecule has 3 nitrogen and oxygen atoms in total. The fourth-order valence-corrected chi connectivity index (χ4v) is 1.86. The van der Waals surface area contributed by atoms with E-state index in [9.17, 15) is 9.90 Å². The Morgan fingerprint density at radius 3 is 2.38 bits per heavy atom. The topological polar surface area (TPSA) is 49.3 Å². The van der Waals surface area contributed by atoms with Gasteiger partial charge in [-0.3, -0.25) is 4.79 Å². The Balaban J connectivity index is 3.65. The van der Waals surface area contributed by atoms with E-state index in [1.165, 1.54) is 0 Å². The molecule has 16 heavy (non-hydrogen) atoms. The summed E-state index contributed by atoms with van der Waals surface area (Å²) >= 11 is 1.61. The summed E-state index contributed by atoms with van der Waals surface area (Å²) in [6.07, 6.45) is 0.302. The van der Waals surface area contributed by atoms with Crippen LogP contribution in [-0.2, 0) is 4.79 Å². The molecule has 0 saturated heterocycles. The van der Waals surface area contributed by atoms with Crippen LogP contribution in [0, 0.1) is 5.92 Å². The summed E-state index contributed by atoms with van der Waals surface area (Å²) in [4.78, 5) is 11.4. The Bertz CT molecular complexity index is 212. The molecule has 1 amide bonds. The van der Waals surface area contributed by atoms with Crippen molar-refractivity contribution in [3.63, 3.8) is 0 Å². The van der Waals surface area contributed by atoms with E-state index in [4.69, 9.17) is 0 Å². The average Bonchev–Trinajstić information content (AvgIpc) is 2.09. The maximum absolute atomic E-state index is 11.4. The normalized spacial score (nSPS) is 13.9. The van der Waals surface area contributed by atoms with Gasteiger partial charge in [0.1, 0.15) is 0 Å². The Morgan fingerprint density at radius 1 is 1.38 bits per heavy atom. The molecule has 1 unspecified atom stereocenters. The molecular weight excluding hydrogens is 222 g/mol. The number of thioether (sulfide) groups is 1. The lowest BCUT2D eigenvalue weighted by Gasteiger charge is -2.18. The number of rotatable bonds is 6. The van der Waals surface area contributed by atoms with Gasteiger partial charge in [0.25, 0.3) is 0 Å². The number of nitrogens with one attached hydrogen (secondary N) is 1. The fourth-order valence-electron chi connectivity index (χ4n) is 1.19. The van der Waals surface area contributed by atoms with Crippen LogP contribution in [0.4, 0.5) is 0 Å². The molecule has 0 bridgehead atoms. The quantitative estimate of drug-likeness (QED) is 0.755. The highest BCUT2D eigenvalue weighted by Gasteiger charge is 2.14. The van der Waals surface area contributed by atoms with Crippen LogP contribution in [-0.4, -0.2) is 34.2 Å². The molecule has 0 saturated carbocycles. The van der Waals surface area contributed by atoms with E-state index in [1.807, 2.05) is 0 Å². The van der Waals surface area contributed by atoms with E-state index < -0.39 is 6.10 Å². The third-order valence-electron chi connectivity index (χ3n) is 1.91. The Morgan fingerprint density at radius 2 is 1.94 bits per heavy atom. The third kappa shape index (κ3) is 10.3. The second-order valence-electron chi connectivity index (χ2n) is 5.49. The Labute approximate surface area is 103 Å². The number of hydrogen-bond donors (Lipinski definition) is 2. The van der Waals surface area contributed by atoms with Gasteiger partial charge in [0.15, 0.2) is 0 Å². The molecule has 1 atom stereocenters. The van der Waals surface area contributed by atoms with Crippen molar-refractivity contribution < 1.29 is 9.90 Å². The molecule has 0 radical (unpaired) electrons. The van der Waals surface area contributed by atoms with Crippen molar-refractivity contribution in [1.82, 2.24) is 5.32 Å². The van der Waals surface area contributed by atoms with Crippen LogP contribution in [0.1, 0.15) is 41.0 Å². The van der Waals surface area contributed by atoms with Gasteiger partial charge in [0, 0.05) is 11.3 Å². The molecule has 0 aromatic rings. The highest BCUT2D eigenvalue weighted by molar-refractivity contribution is 8.01. The van der Waals surface area contributed by atoms with E-state index >= 15 is 0 Å². The number of hydrogen-bond acceptors (Lipinski definition) is 3. The van der Waals surface area contributed by atoms with E-state index in [0.717, 1.165) is 6.42 Å². The first-order chi connectivity index (χ1) is 7.20. The second kappa shape index (κ2) is 7.17. The first kappa shape index (κ1) is 15.8. The SMILES string of the molecule is CC(C)CC(O)CNC(=O)CSC(C)(C)C. The lowest BCUT2D eigenvalue weighted by Crippen LogP contribution is -2.34. The maximum atomic E-state index is 11.4. The number of carbonyl (C=O) groups excluding carboxylic acids is 1. The van der Waals surface area contributed by atoms with Crippen molar-refractivity contribution in [2.24, 2.45) is 5.92 Å². The zero-order valence-electron chi connectivity index (χ0n) is 11.0. The summed E-state index contributed by atoms with van der Waals surface area (Å²) in [6, 6.07) is 0. The monoisotopic (exact) mass is 247 g/mol. The van der Waals surface area contributed by atoms with Crippen molar-refractivity contribution in [1.29, 1.82) is 0 Å². The van der Waals surface area contributed by atoms with E-state index in [0.29, 0.717) is 18.2 Å². The highest BCUT2D eigenvalue weighted by Crippen LogP contribution is 2.22. The lowest BCUT2D eigenvalue weighted by atomic mass is 10.1. The van der Waals surface area contributed by atoms with Crippen LogP contribution >= 0.6 is 11.8 Å². The standard InChI is InChI=1S/C12H25NO2S/c1-9(2)6-10(14)7-13-11(15)8-16-12(3,4)5/h9-10,14H,6-8H2,1-5H3,(H,13,15). The van der Waals surface area contributed by atoms with Crippen molar-refractivity contribution in [2.45, 2.75) is 51.9 Å². The molecule has 0 aliphatic heterocycles. The Hall–Kier alpha value is -0.220. The predicted molar refractivity (Wildman–Crippen MR) is 70.7 cm³/mol. The molecule has 0 spiro atoms. The summed E-state index contributed by atoms with van der Waals surface area (Å²) in [5.41, 5.74) is 0. The molecule has 0 heterocycles. The van der Waals surface area contributed by atoms with E-state index in [2.05, 4.69) is 39.9 Å². The van der Waals surface area contributed by atoms with Crippen LogP contribution < -0.4 is 5.32 Å². The van der Waals surface area contributed by atoms with Gasteiger partial charge < -0.3 is 10.4 Å². The molecular formula is C12H25NO2S. The molecule has 96 valence electrons. The highest BCUT2D eigenvalue weighted by atomic mass is 32.2. The molecule has 0 fully saturated rings. The number of carbonyl (C=O) groups is 1. The van der Waals surface area contributed by atoms with Gasteiger partial charge in [-0.15, -0.1) is 11.8 Å². The van der Waals surface area contributed by atoms with Gasteiger partial charge >= 0.3 is 0 Å². The zero-order valence-corrected chi connectivity index (χ0v) is 11.9. The molecule has 0 rings (SSSR count). The molecule has 0 aromatic carbocycles. The minimum Gasteiger partial charge on any atom is -0.391 e. The second-order valence-corrected chi connectivity index (χ2v) is 7.29. The number of aliphatic hydroxyl groups excluding tert-OH is 1. The smallest absolute Gasteiger partial charge is 0.230 e. The van der Waals surface area contributed by atoms with Gasteiger partial charge in [-0.25, -0.2) is 0 Å². The van der Waals surface area contributed by atoms with Crippen molar-refractivity contribution >= 4 is 17.7 Å². The molecule has 0 aliphatic carbocycles. The van der Waals surface area contributed by atoms with Crippen LogP contribution in [0.15, 0.2) is 0 Å².